The lowest BCUT2D eigenvalue weighted by Gasteiger charge is -2.27. The predicted octanol–water partition coefficient (Wildman–Crippen LogP) is 2.22. The molecule has 17 heavy (non-hydrogen) atoms. The zero-order valence-corrected chi connectivity index (χ0v) is 11.6. The topological polar surface area (TPSA) is 49.4 Å². The summed E-state index contributed by atoms with van der Waals surface area (Å²) in [6, 6.07) is 3.33. The molecule has 1 aromatic rings. The van der Waals surface area contributed by atoms with E-state index in [1.165, 1.54) is 4.90 Å². The summed E-state index contributed by atoms with van der Waals surface area (Å²) in [7, 11) is 0. The Kier molecular flexibility index (Phi) is 3.61. The Morgan fingerprint density at radius 3 is 2.65 bits per heavy atom. The monoisotopic (exact) mass is 336 g/mol. The molecule has 0 saturated carbocycles. The highest BCUT2D eigenvalue weighted by atomic mass is 79.9. The zero-order valence-electron chi connectivity index (χ0n) is 8.47. The molecular weight excluding hydrogens is 331 g/mol. The van der Waals surface area contributed by atoms with E-state index in [1.54, 1.807) is 12.1 Å². The molecule has 2 rings (SSSR count). The fraction of sp³-hybridized carbons (Fsp3) is 0.200. The van der Waals surface area contributed by atoms with Crippen molar-refractivity contribution in [2.75, 3.05) is 18.0 Å². The summed E-state index contributed by atoms with van der Waals surface area (Å²) in [5, 5.41) is 3.04. The third-order valence-corrected chi connectivity index (χ3v) is 4.11. The maximum Gasteiger partial charge on any atom is 0.246 e. The summed E-state index contributed by atoms with van der Waals surface area (Å²) >= 11 is 15.3. The molecular formula is C10H7BrCl2N2O2. The van der Waals surface area contributed by atoms with E-state index in [2.05, 4.69) is 21.2 Å². The molecule has 0 atom stereocenters. The highest BCUT2D eigenvalue weighted by molar-refractivity contribution is 9.10. The van der Waals surface area contributed by atoms with Crippen molar-refractivity contribution in [2.45, 2.75) is 0 Å². The van der Waals surface area contributed by atoms with Gasteiger partial charge in [-0.2, -0.15) is 0 Å². The van der Waals surface area contributed by atoms with Gasteiger partial charge in [-0.25, -0.2) is 0 Å². The molecule has 90 valence electrons. The first-order chi connectivity index (χ1) is 8.00. The highest BCUT2D eigenvalue weighted by Crippen LogP contribution is 2.37. The molecule has 0 spiro atoms. The maximum atomic E-state index is 11.7. The van der Waals surface area contributed by atoms with Gasteiger partial charge in [-0.15, -0.1) is 0 Å². The molecule has 1 N–H and O–H groups in total. The molecule has 0 aromatic heterocycles. The van der Waals surface area contributed by atoms with Gasteiger partial charge in [0.25, 0.3) is 0 Å². The van der Waals surface area contributed by atoms with Crippen molar-refractivity contribution in [3.05, 3.63) is 26.7 Å². The minimum absolute atomic E-state index is 0.0250. The molecule has 1 aliphatic rings. The summed E-state index contributed by atoms with van der Waals surface area (Å²) < 4.78 is 0.641. The Labute approximate surface area is 116 Å². The Hall–Kier alpha value is -0.780. The summed E-state index contributed by atoms with van der Waals surface area (Å²) in [6.07, 6.45) is 0. The third-order valence-electron chi connectivity index (χ3n) is 2.35. The minimum atomic E-state index is -0.222. The second kappa shape index (κ2) is 4.84. The zero-order chi connectivity index (χ0) is 12.6. The first-order valence-corrected chi connectivity index (χ1v) is 6.26. The lowest BCUT2D eigenvalue weighted by molar-refractivity contribution is -0.128. The number of rotatable bonds is 1. The average Bonchev–Trinajstić information content (AvgIpc) is 2.30. The van der Waals surface area contributed by atoms with Crippen molar-refractivity contribution in [3.8, 4) is 0 Å². The van der Waals surface area contributed by atoms with E-state index in [9.17, 15) is 9.59 Å². The van der Waals surface area contributed by atoms with Crippen molar-refractivity contribution < 1.29 is 9.59 Å². The Morgan fingerprint density at radius 2 is 1.94 bits per heavy atom. The summed E-state index contributed by atoms with van der Waals surface area (Å²) in [5.41, 5.74) is 0.444. The van der Waals surface area contributed by atoms with Gasteiger partial charge in [0.2, 0.25) is 11.8 Å². The molecule has 1 fully saturated rings. The van der Waals surface area contributed by atoms with Crippen LogP contribution in [0.1, 0.15) is 0 Å². The SMILES string of the molecule is O=C1CN(c2ccc(Br)c(Cl)c2Cl)C(=O)CN1. The maximum absolute atomic E-state index is 11.7. The van der Waals surface area contributed by atoms with Crippen LogP contribution in [-0.2, 0) is 9.59 Å². The smallest absolute Gasteiger partial charge is 0.246 e. The van der Waals surface area contributed by atoms with Crippen LogP contribution >= 0.6 is 39.1 Å². The van der Waals surface area contributed by atoms with E-state index in [0.717, 1.165) is 0 Å². The van der Waals surface area contributed by atoms with Crippen LogP contribution in [0.5, 0.6) is 0 Å². The number of nitrogens with zero attached hydrogens (tertiary/aromatic N) is 1. The number of carbonyl (C=O) groups excluding carboxylic acids is 2. The molecule has 0 bridgehead atoms. The number of amides is 2. The molecule has 0 radical (unpaired) electrons. The van der Waals surface area contributed by atoms with Crippen LogP contribution < -0.4 is 10.2 Å². The predicted molar refractivity (Wildman–Crippen MR) is 69.5 cm³/mol. The van der Waals surface area contributed by atoms with Crippen LogP contribution in [0, 0.1) is 0 Å². The van der Waals surface area contributed by atoms with Crippen molar-refractivity contribution in [3.63, 3.8) is 0 Å². The van der Waals surface area contributed by atoms with Gasteiger partial charge in [0.15, 0.2) is 0 Å². The summed E-state index contributed by atoms with van der Waals surface area (Å²) in [5.74, 6) is -0.440. The standard InChI is InChI=1S/C10H7BrCl2N2O2/c11-5-1-2-6(10(13)9(5)12)15-4-7(16)14-3-8(15)17/h1-2H,3-4H2,(H,14,16). The lowest BCUT2D eigenvalue weighted by atomic mass is 10.2. The number of piperazine rings is 1. The number of benzene rings is 1. The van der Waals surface area contributed by atoms with Crippen molar-refractivity contribution in [1.29, 1.82) is 0 Å². The van der Waals surface area contributed by atoms with Gasteiger partial charge in [-0.3, -0.25) is 14.5 Å². The first kappa shape index (κ1) is 12.7. The Morgan fingerprint density at radius 1 is 1.24 bits per heavy atom. The number of hydrogen-bond donors (Lipinski definition) is 1. The van der Waals surface area contributed by atoms with Crippen molar-refractivity contribution in [1.82, 2.24) is 5.32 Å². The van der Waals surface area contributed by atoms with E-state index >= 15 is 0 Å². The Bertz CT molecular complexity index is 507. The van der Waals surface area contributed by atoms with E-state index in [-0.39, 0.29) is 29.9 Å². The molecule has 4 nitrogen and oxygen atoms in total. The second-order valence-corrected chi connectivity index (χ2v) is 5.06. The van der Waals surface area contributed by atoms with Gasteiger partial charge < -0.3 is 5.32 Å². The fourth-order valence-electron chi connectivity index (χ4n) is 1.50. The summed E-state index contributed by atoms with van der Waals surface area (Å²) in [6.45, 7) is -0.0701. The van der Waals surface area contributed by atoms with E-state index in [0.29, 0.717) is 15.2 Å². The van der Waals surface area contributed by atoms with Gasteiger partial charge in [-0.1, -0.05) is 23.2 Å². The van der Waals surface area contributed by atoms with Crippen LogP contribution in [0.25, 0.3) is 0 Å². The second-order valence-electron chi connectivity index (χ2n) is 3.45. The first-order valence-electron chi connectivity index (χ1n) is 4.71. The molecule has 0 unspecified atom stereocenters. The van der Waals surface area contributed by atoms with Crippen molar-refractivity contribution in [2.24, 2.45) is 0 Å². The Balaban J connectivity index is 2.42. The van der Waals surface area contributed by atoms with E-state index in [4.69, 9.17) is 23.2 Å². The van der Waals surface area contributed by atoms with Crippen LogP contribution in [0.15, 0.2) is 16.6 Å². The molecule has 2 amide bonds. The van der Waals surface area contributed by atoms with Crippen LogP contribution in [-0.4, -0.2) is 24.9 Å². The average molecular weight is 338 g/mol. The molecule has 1 saturated heterocycles. The van der Waals surface area contributed by atoms with Crippen molar-refractivity contribution >= 4 is 56.6 Å². The number of hydrogen-bond acceptors (Lipinski definition) is 2. The van der Waals surface area contributed by atoms with Crippen LogP contribution in [0.2, 0.25) is 10.0 Å². The van der Waals surface area contributed by atoms with Crippen LogP contribution in [0.3, 0.4) is 0 Å². The molecule has 1 aliphatic heterocycles. The van der Waals surface area contributed by atoms with Crippen LogP contribution in [0.4, 0.5) is 5.69 Å². The van der Waals surface area contributed by atoms with Gasteiger partial charge in [0.1, 0.15) is 6.54 Å². The molecule has 1 heterocycles. The van der Waals surface area contributed by atoms with Gasteiger partial charge >= 0.3 is 0 Å². The van der Waals surface area contributed by atoms with Gasteiger partial charge in [0, 0.05) is 4.47 Å². The molecule has 1 aromatic carbocycles. The molecule has 7 heteroatoms. The normalized spacial score (nSPS) is 16.1. The molecule has 0 aliphatic carbocycles. The quantitative estimate of drug-likeness (QED) is 0.799. The summed E-state index contributed by atoms with van der Waals surface area (Å²) in [4.78, 5) is 24.3. The highest BCUT2D eigenvalue weighted by Gasteiger charge is 2.26. The largest absolute Gasteiger partial charge is 0.345 e. The number of anilines is 1. The van der Waals surface area contributed by atoms with Gasteiger partial charge in [0.05, 0.1) is 22.3 Å². The fourth-order valence-corrected chi connectivity index (χ4v) is 2.37. The minimum Gasteiger partial charge on any atom is -0.345 e. The number of carbonyl (C=O) groups is 2. The number of nitrogens with one attached hydrogen (secondary N) is 1. The third kappa shape index (κ3) is 2.41. The van der Waals surface area contributed by atoms with E-state index in [1.807, 2.05) is 0 Å². The van der Waals surface area contributed by atoms with E-state index < -0.39 is 0 Å². The lowest BCUT2D eigenvalue weighted by Crippen LogP contribution is -2.51. The number of halogens is 3. The van der Waals surface area contributed by atoms with Gasteiger partial charge in [-0.05, 0) is 28.1 Å².